The first kappa shape index (κ1) is 21.4. The first-order valence-electron chi connectivity index (χ1n) is 10.3. The van der Waals surface area contributed by atoms with E-state index in [9.17, 15) is 9.59 Å². The molecule has 2 fully saturated rings. The maximum Gasteiger partial charge on any atom is 0.228 e. The SMILES string of the molecule is COc1ccc(OC)c([C@@H]2CN(C(=O)C(C)C)C[C@@H]2C(=O)N2CCN(C)CC2)c1. The molecular formula is C22H33N3O4. The summed E-state index contributed by atoms with van der Waals surface area (Å²) in [6, 6.07) is 5.67. The van der Waals surface area contributed by atoms with Crippen LogP contribution in [0.4, 0.5) is 0 Å². The smallest absolute Gasteiger partial charge is 0.228 e. The van der Waals surface area contributed by atoms with Crippen LogP contribution in [0.15, 0.2) is 18.2 Å². The van der Waals surface area contributed by atoms with E-state index in [1.807, 2.05) is 41.8 Å². The maximum atomic E-state index is 13.5. The van der Waals surface area contributed by atoms with Crippen LogP contribution in [0.2, 0.25) is 0 Å². The summed E-state index contributed by atoms with van der Waals surface area (Å²) in [5.41, 5.74) is 0.929. The van der Waals surface area contributed by atoms with Crippen LogP contribution in [-0.4, -0.2) is 87.0 Å². The molecule has 0 saturated carbocycles. The topological polar surface area (TPSA) is 62.3 Å². The van der Waals surface area contributed by atoms with E-state index in [-0.39, 0.29) is 29.6 Å². The highest BCUT2D eigenvalue weighted by Crippen LogP contribution is 2.40. The van der Waals surface area contributed by atoms with Gasteiger partial charge in [-0.05, 0) is 25.2 Å². The van der Waals surface area contributed by atoms with Crippen LogP contribution in [-0.2, 0) is 9.59 Å². The predicted molar refractivity (Wildman–Crippen MR) is 111 cm³/mol. The number of hydrogen-bond donors (Lipinski definition) is 0. The first-order chi connectivity index (χ1) is 13.8. The van der Waals surface area contributed by atoms with Gasteiger partial charge in [0.05, 0.1) is 20.1 Å². The molecule has 0 N–H and O–H groups in total. The number of likely N-dealkylation sites (tertiary alicyclic amines) is 1. The molecule has 1 aromatic rings. The Balaban J connectivity index is 1.93. The fraction of sp³-hybridized carbons (Fsp3) is 0.636. The molecule has 2 amide bonds. The van der Waals surface area contributed by atoms with Gasteiger partial charge in [0.25, 0.3) is 0 Å². The second-order valence-electron chi connectivity index (χ2n) is 8.35. The molecule has 0 aliphatic carbocycles. The summed E-state index contributed by atoms with van der Waals surface area (Å²) in [6.45, 7) is 7.98. The van der Waals surface area contributed by atoms with Gasteiger partial charge < -0.3 is 24.2 Å². The van der Waals surface area contributed by atoms with Crippen molar-refractivity contribution in [2.24, 2.45) is 11.8 Å². The third-order valence-electron chi connectivity index (χ3n) is 6.09. The molecule has 2 heterocycles. The lowest BCUT2D eigenvalue weighted by atomic mass is 9.87. The zero-order chi connectivity index (χ0) is 21.1. The van der Waals surface area contributed by atoms with Crippen LogP contribution in [0.3, 0.4) is 0 Å². The van der Waals surface area contributed by atoms with Crippen molar-refractivity contribution in [1.29, 1.82) is 0 Å². The molecule has 0 unspecified atom stereocenters. The summed E-state index contributed by atoms with van der Waals surface area (Å²) in [7, 11) is 5.33. The van der Waals surface area contributed by atoms with Crippen LogP contribution < -0.4 is 9.47 Å². The van der Waals surface area contributed by atoms with E-state index in [2.05, 4.69) is 11.9 Å². The van der Waals surface area contributed by atoms with Crippen molar-refractivity contribution >= 4 is 11.8 Å². The molecule has 0 bridgehead atoms. The zero-order valence-corrected chi connectivity index (χ0v) is 18.2. The molecule has 7 nitrogen and oxygen atoms in total. The molecule has 0 radical (unpaired) electrons. The molecule has 2 saturated heterocycles. The summed E-state index contributed by atoms with van der Waals surface area (Å²) >= 11 is 0. The highest BCUT2D eigenvalue weighted by Gasteiger charge is 2.43. The van der Waals surface area contributed by atoms with Crippen molar-refractivity contribution in [1.82, 2.24) is 14.7 Å². The minimum Gasteiger partial charge on any atom is -0.497 e. The van der Waals surface area contributed by atoms with Crippen LogP contribution in [0, 0.1) is 11.8 Å². The molecule has 2 aliphatic rings. The largest absolute Gasteiger partial charge is 0.497 e. The summed E-state index contributed by atoms with van der Waals surface area (Å²) in [6.07, 6.45) is 0. The fourth-order valence-electron chi connectivity index (χ4n) is 4.30. The number of rotatable bonds is 5. The van der Waals surface area contributed by atoms with Crippen molar-refractivity contribution in [3.05, 3.63) is 23.8 Å². The Hall–Kier alpha value is -2.28. The van der Waals surface area contributed by atoms with Gasteiger partial charge in [-0.25, -0.2) is 0 Å². The van der Waals surface area contributed by atoms with E-state index < -0.39 is 0 Å². The minimum absolute atomic E-state index is 0.0885. The van der Waals surface area contributed by atoms with Crippen molar-refractivity contribution in [2.75, 3.05) is 60.5 Å². The minimum atomic E-state index is -0.276. The molecule has 0 aromatic heterocycles. The van der Waals surface area contributed by atoms with E-state index in [4.69, 9.17) is 9.47 Å². The highest BCUT2D eigenvalue weighted by molar-refractivity contribution is 5.84. The Kier molecular flexibility index (Phi) is 6.67. The third kappa shape index (κ3) is 4.50. The monoisotopic (exact) mass is 403 g/mol. The maximum absolute atomic E-state index is 13.5. The van der Waals surface area contributed by atoms with Crippen molar-refractivity contribution in [2.45, 2.75) is 19.8 Å². The van der Waals surface area contributed by atoms with Gasteiger partial charge in [-0.1, -0.05) is 13.8 Å². The number of carbonyl (C=O) groups is 2. The van der Waals surface area contributed by atoms with E-state index >= 15 is 0 Å². The van der Waals surface area contributed by atoms with Crippen molar-refractivity contribution < 1.29 is 19.1 Å². The molecule has 160 valence electrons. The van der Waals surface area contributed by atoms with E-state index in [1.165, 1.54) is 0 Å². The molecule has 2 aliphatic heterocycles. The average molecular weight is 404 g/mol. The number of ether oxygens (including phenoxy) is 2. The zero-order valence-electron chi connectivity index (χ0n) is 18.2. The summed E-state index contributed by atoms with van der Waals surface area (Å²) < 4.78 is 11.0. The van der Waals surface area contributed by atoms with Crippen LogP contribution in [0.5, 0.6) is 11.5 Å². The van der Waals surface area contributed by atoms with E-state index in [0.717, 1.165) is 43.2 Å². The van der Waals surface area contributed by atoms with Crippen LogP contribution in [0.1, 0.15) is 25.3 Å². The fourth-order valence-corrected chi connectivity index (χ4v) is 4.30. The Labute approximate surface area is 173 Å². The Bertz CT molecular complexity index is 744. The third-order valence-corrected chi connectivity index (χ3v) is 6.09. The Morgan fingerprint density at radius 3 is 2.28 bits per heavy atom. The number of methoxy groups -OCH3 is 2. The van der Waals surface area contributed by atoms with Crippen molar-refractivity contribution in [3.8, 4) is 11.5 Å². The van der Waals surface area contributed by atoms with Gasteiger partial charge in [-0.3, -0.25) is 9.59 Å². The molecule has 29 heavy (non-hydrogen) atoms. The molecule has 3 rings (SSSR count). The summed E-state index contributed by atoms with van der Waals surface area (Å²) in [4.78, 5) is 32.2. The lowest BCUT2D eigenvalue weighted by Gasteiger charge is -2.35. The van der Waals surface area contributed by atoms with Gasteiger partial charge in [0, 0.05) is 56.7 Å². The first-order valence-corrected chi connectivity index (χ1v) is 10.3. The lowest BCUT2D eigenvalue weighted by molar-refractivity contribution is -0.138. The Morgan fingerprint density at radius 1 is 1.00 bits per heavy atom. The Morgan fingerprint density at radius 2 is 1.69 bits per heavy atom. The number of likely N-dealkylation sites (N-methyl/N-ethyl adjacent to an activating group) is 1. The molecule has 2 atom stereocenters. The van der Waals surface area contributed by atoms with Gasteiger partial charge >= 0.3 is 0 Å². The van der Waals surface area contributed by atoms with E-state index in [0.29, 0.717) is 13.1 Å². The summed E-state index contributed by atoms with van der Waals surface area (Å²) in [5.74, 6) is 1.18. The van der Waals surface area contributed by atoms with Gasteiger partial charge in [-0.2, -0.15) is 0 Å². The van der Waals surface area contributed by atoms with E-state index in [1.54, 1.807) is 14.2 Å². The van der Waals surface area contributed by atoms with Gasteiger partial charge in [-0.15, -0.1) is 0 Å². The van der Waals surface area contributed by atoms with Crippen molar-refractivity contribution in [3.63, 3.8) is 0 Å². The number of benzene rings is 1. The summed E-state index contributed by atoms with van der Waals surface area (Å²) in [5, 5.41) is 0. The highest BCUT2D eigenvalue weighted by atomic mass is 16.5. The van der Waals surface area contributed by atoms with Gasteiger partial charge in [0.15, 0.2) is 0 Å². The van der Waals surface area contributed by atoms with Gasteiger partial charge in [0.1, 0.15) is 11.5 Å². The number of hydrogen-bond acceptors (Lipinski definition) is 5. The van der Waals surface area contributed by atoms with Crippen LogP contribution >= 0.6 is 0 Å². The van der Waals surface area contributed by atoms with Crippen LogP contribution in [0.25, 0.3) is 0 Å². The number of piperazine rings is 1. The molecule has 0 spiro atoms. The predicted octanol–water partition coefficient (Wildman–Crippen LogP) is 1.68. The normalized spacial score (nSPS) is 22.8. The number of carbonyl (C=O) groups excluding carboxylic acids is 2. The quantitative estimate of drug-likeness (QED) is 0.749. The number of amides is 2. The second kappa shape index (κ2) is 9.03. The molecule has 1 aromatic carbocycles. The standard InChI is InChI=1S/C22H33N3O4/c1-15(2)21(26)25-13-18(17-12-16(28-4)6-7-20(17)29-5)19(14-25)22(27)24-10-8-23(3)9-11-24/h6-7,12,15,18-19H,8-11,13-14H2,1-5H3/t18-,19-/m0/s1. The second-order valence-corrected chi connectivity index (χ2v) is 8.35. The van der Waals surface area contributed by atoms with Gasteiger partial charge in [0.2, 0.25) is 11.8 Å². The average Bonchev–Trinajstić information content (AvgIpc) is 3.17. The number of nitrogens with zero attached hydrogens (tertiary/aromatic N) is 3. The molecule has 7 heteroatoms. The lowest BCUT2D eigenvalue weighted by Crippen LogP contribution is -2.50. The molecular weight excluding hydrogens is 370 g/mol.